The Kier molecular flexibility index (Phi) is 5.08. The Labute approximate surface area is 166 Å². The molecule has 2 heterocycles. The number of hydrogen-bond acceptors (Lipinski definition) is 6. The summed E-state index contributed by atoms with van der Waals surface area (Å²) < 4.78 is 5.35. The summed E-state index contributed by atoms with van der Waals surface area (Å²) in [5.74, 6) is 1.45. The summed E-state index contributed by atoms with van der Waals surface area (Å²) in [6.07, 6.45) is 0. The Morgan fingerprint density at radius 1 is 0.964 bits per heavy atom. The Balaban J connectivity index is 1.51. The average Bonchev–Trinajstić information content (AvgIpc) is 3.18. The highest BCUT2D eigenvalue weighted by Gasteiger charge is 2.11. The number of hydrogen-bond donors (Lipinski definition) is 1. The Morgan fingerprint density at radius 3 is 2.57 bits per heavy atom. The molecule has 0 unspecified atom stereocenters. The van der Waals surface area contributed by atoms with Gasteiger partial charge in [-0.2, -0.15) is 4.98 Å². The van der Waals surface area contributed by atoms with Crippen molar-refractivity contribution in [2.24, 2.45) is 0 Å². The van der Waals surface area contributed by atoms with Gasteiger partial charge in [-0.15, -0.1) is 0 Å². The van der Waals surface area contributed by atoms with E-state index in [0.717, 1.165) is 11.1 Å². The Morgan fingerprint density at radius 2 is 1.79 bits per heavy atom. The lowest BCUT2D eigenvalue weighted by Gasteiger charge is -2.03. The maximum atomic E-state index is 12.0. The van der Waals surface area contributed by atoms with Crippen molar-refractivity contribution in [2.75, 3.05) is 0 Å². The number of aromatic amines is 1. The van der Waals surface area contributed by atoms with Crippen molar-refractivity contribution in [3.05, 3.63) is 82.0 Å². The van der Waals surface area contributed by atoms with Gasteiger partial charge in [0, 0.05) is 17.2 Å². The second kappa shape index (κ2) is 7.82. The molecule has 0 spiro atoms. The van der Waals surface area contributed by atoms with Gasteiger partial charge in [-0.3, -0.25) is 4.79 Å². The zero-order valence-electron chi connectivity index (χ0n) is 15.5. The highest BCUT2D eigenvalue weighted by Crippen LogP contribution is 2.23. The van der Waals surface area contributed by atoms with Crippen LogP contribution in [0, 0.1) is 13.8 Å². The van der Waals surface area contributed by atoms with Crippen LogP contribution in [0.4, 0.5) is 0 Å². The van der Waals surface area contributed by atoms with Crippen LogP contribution < -0.4 is 5.56 Å². The molecule has 0 fully saturated rings. The second-order valence-electron chi connectivity index (χ2n) is 6.40. The number of nitrogens with one attached hydrogen (secondary N) is 1. The van der Waals surface area contributed by atoms with Gasteiger partial charge in [0.25, 0.3) is 5.56 Å². The maximum absolute atomic E-state index is 12.0. The quantitative estimate of drug-likeness (QED) is 0.402. The molecule has 28 heavy (non-hydrogen) atoms. The third kappa shape index (κ3) is 4.04. The molecule has 0 atom stereocenters. The standard InChI is InChI=1S/C21H18N4O2S/c1-13-8-9-16(10-14(13)2)20-24-19(27-25-20)12-28-21-22-17(11-18(26)23-21)15-6-4-3-5-7-15/h3-11H,12H2,1-2H3,(H,22,23,26). The van der Waals surface area contributed by atoms with E-state index in [9.17, 15) is 4.79 Å². The Hall–Kier alpha value is -3.19. The van der Waals surface area contributed by atoms with E-state index >= 15 is 0 Å². The van der Waals surface area contributed by atoms with E-state index in [1.165, 1.54) is 29.0 Å². The van der Waals surface area contributed by atoms with Crippen LogP contribution in [0.5, 0.6) is 0 Å². The van der Waals surface area contributed by atoms with E-state index < -0.39 is 0 Å². The van der Waals surface area contributed by atoms with E-state index in [1.54, 1.807) is 0 Å². The number of benzene rings is 2. The lowest BCUT2D eigenvalue weighted by molar-refractivity contribution is 0.391. The fraction of sp³-hybridized carbons (Fsp3) is 0.143. The highest BCUT2D eigenvalue weighted by molar-refractivity contribution is 7.98. The van der Waals surface area contributed by atoms with Gasteiger partial charge in [0.1, 0.15) is 0 Å². The molecule has 0 aliphatic rings. The largest absolute Gasteiger partial charge is 0.338 e. The minimum Gasteiger partial charge on any atom is -0.338 e. The molecule has 0 bridgehead atoms. The molecule has 4 aromatic rings. The summed E-state index contributed by atoms with van der Waals surface area (Å²) in [6, 6.07) is 17.1. The highest BCUT2D eigenvalue weighted by atomic mass is 32.2. The zero-order chi connectivity index (χ0) is 19.5. The van der Waals surface area contributed by atoms with Crippen LogP contribution in [0.2, 0.25) is 0 Å². The second-order valence-corrected chi connectivity index (χ2v) is 7.37. The lowest BCUT2D eigenvalue weighted by Crippen LogP contribution is -2.08. The molecule has 0 aliphatic heterocycles. The molecular formula is C21H18N4O2S. The minimum atomic E-state index is -0.197. The van der Waals surface area contributed by atoms with Crippen LogP contribution in [-0.4, -0.2) is 20.1 Å². The van der Waals surface area contributed by atoms with Gasteiger partial charge in [0.05, 0.1) is 11.4 Å². The summed E-state index contributed by atoms with van der Waals surface area (Å²) in [5.41, 5.74) is 4.64. The monoisotopic (exact) mass is 390 g/mol. The van der Waals surface area contributed by atoms with E-state index in [4.69, 9.17) is 4.52 Å². The van der Waals surface area contributed by atoms with Crippen LogP contribution in [0.3, 0.4) is 0 Å². The first kappa shape index (κ1) is 18.2. The van der Waals surface area contributed by atoms with E-state index in [-0.39, 0.29) is 5.56 Å². The summed E-state index contributed by atoms with van der Waals surface area (Å²) >= 11 is 1.35. The molecule has 6 nitrogen and oxygen atoms in total. The number of H-pyrrole nitrogens is 1. The van der Waals surface area contributed by atoms with Crippen LogP contribution in [-0.2, 0) is 5.75 Å². The van der Waals surface area contributed by atoms with Crippen LogP contribution >= 0.6 is 11.8 Å². The van der Waals surface area contributed by atoms with Crippen molar-refractivity contribution < 1.29 is 4.52 Å². The van der Waals surface area contributed by atoms with Gasteiger partial charge in [-0.25, -0.2) is 4.98 Å². The SMILES string of the molecule is Cc1ccc(-c2noc(CSc3nc(-c4ccccc4)cc(=O)[nH]3)n2)cc1C. The number of nitrogens with zero attached hydrogens (tertiary/aromatic N) is 3. The number of thioether (sulfide) groups is 1. The number of aryl methyl sites for hydroxylation is 2. The first-order chi connectivity index (χ1) is 13.6. The van der Waals surface area contributed by atoms with Gasteiger partial charge in [-0.05, 0) is 31.0 Å². The molecule has 2 aromatic carbocycles. The van der Waals surface area contributed by atoms with E-state index in [1.807, 2.05) is 48.5 Å². The molecule has 0 aliphatic carbocycles. The molecule has 7 heteroatoms. The molecule has 140 valence electrons. The van der Waals surface area contributed by atoms with Crippen molar-refractivity contribution >= 4 is 11.8 Å². The van der Waals surface area contributed by atoms with Crippen molar-refractivity contribution in [3.63, 3.8) is 0 Å². The number of aromatic nitrogens is 4. The molecule has 0 amide bonds. The Bertz CT molecular complexity index is 1170. The molecule has 0 saturated carbocycles. The van der Waals surface area contributed by atoms with Crippen molar-refractivity contribution in [2.45, 2.75) is 24.8 Å². The van der Waals surface area contributed by atoms with Crippen molar-refractivity contribution in [1.82, 2.24) is 20.1 Å². The maximum Gasteiger partial charge on any atom is 0.252 e. The molecular weight excluding hydrogens is 372 g/mol. The van der Waals surface area contributed by atoms with Gasteiger partial charge in [0.2, 0.25) is 11.7 Å². The van der Waals surface area contributed by atoms with E-state index in [2.05, 4.69) is 34.0 Å². The number of rotatable bonds is 5. The van der Waals surface area contributed by atoms with Crippen molar-refractivity contribution in [1.29, 1.82) is 0 Å². The first-order valence-corrected chi connectivity index (χ1v) is 9.77. The van der Waals surface area contributed by atoms with Crippen LogP contribution in [0.15, 0.2) is 69.1 Å². The zero-order valence-corrected chi connectivity index (χ0v) is 16.3. The molecule has 0 saturated heterocycles. The van der Waals surface area contributed by atoms with Gasteiger partial charge >= 0.3 is 0 Å². The lowest BCUT2D eigenvalue weighted by atomic mass is 10.1. The fourth-order valence-corrected chi connectivity index (χ4v) is 3.41. The molecule has 0 radical (unpaired) electrons. The summed E-state index contributed by atoms with van der Waals surface area (Å²) in [7, 11) is 0. The fourth-order valence-electron chi connectivity index (χ4n) is 2.70. The average molecular weight is 390 g/mol. The van der Waals surface area contributed by atoms with E-state index in [0.29, 0.717) is 28.3 Å². The smallest absolute Gasteiger partial charge is 0.252 e. The minimum absolute atomic E-state index is 0.197. The summed E-state index contributed by atoms with van der Waals surface area (Å²) in [5, 5.41) is 4.57. The van der Waals surface area contributed by atoms with Gasteiger partial charge in [0.15, 0.2) is 5.16 Å². The summed E-state index contributed by atoms with van der Waals surface area (Å²) in [6.45, 7) is 4.12. The predicted octanol–water partition coefficient (Wildman–Crippen LogP) is 4.40. The van der Waals surface area contributed by atoms with Gasteiger partial charge in [-0.1, -0.05) is 59.4 Å². The predicted molar refractivity (Wildman–Crippen MR) is 109 cm³/mol. The molecule has 2 aromatic heterocycles. The van der Waals surface area contributed by atoms with Crippen molar-refractivity contribution in [3.8, 4) is 22.6 Å². The summed E-state index contributed by atoms with van der Waals surface area (Å²) in [4.78, 5) is 23.7. The normalized spacial score (nSPS) is 10.9. The first-order valence-electron chi connectivity index (χ1n) is 8.78. The van der Waals surface area contributed by atoms with Crippen LogP contribution in [0.25, 0.3) is 22.6 Å². The molecule has 1 N–H and O–H groups in total. The van der Waals surface area contributed by atoms with Crippen LogP contribution in [0.1, 0.15) is 17.0 Å². The van der Waals surface area contributed by atoms with Gasteiger partial charge < -0.3 is 9.51 Å². The molecule has 4 rings (SSSR count). The topological polar surface area (TPSA) is 84.7 Å². The third-order valence-corrected chi connectivity index (χ3v) is 5.21. The third-order valence-electron chi connectivity index (χ3n) is 4.36.